The third kappa shape index (κ3) is 2.19. The lowest BCUT2D eigenvalue weighted by Crippen LogP contribution is -2.23. The molecule has 7 heteroatoms. The molecule has 1 atom stereocenters. The molecule has 0 aliphatic rings. The van der Waals surface area contributed by atoms with Crippen molar-refractivity contribution in [1.29, 1.82) is 0 Å². The number of nitrogens with zero attached hydrogens (tertiary/aromatic N) is 1. The molecule has 0 saturated heterocycles. The van der Waals surface area contributed by atoms with Crippen LogP contribution in [0.4, 0.5) is 5.69 Å². The molecule has 0 saturated carbocycles. The zero-order valence-corrected chi connectivity index (χ0v) is 10.9. The molecule has 1 unspecified atom stereocenters. The van der Waals surface area contributed by atoms with Crippen molar-refractivity contribution in [3.05, 3.63) is 18.2 Å². The van der Waals surface area contributed by atoms with E-state index in [0.29, 0.717) is 16.8 Å². The summed E-state index contributed by atoms with van der Waals surface area (Å²) in [5.41, 5.74) is 6.93. The maximum atomic E-state index is 12.1. The molecule has 2 rings (SSSR count). The molecule has 0 aliphatic heterocycles. The number of hydrogen-bond donors (Lipinski definition) is 1. The standard InChI is InChI=1S/C11H14N2O4S/c1-7(6-16-2)18(14,15)11-13-9-5-8(12)3-4-10(9)17-11/h3-5,7H,6,12H2,1-2H3. The molecule has 1 heterocycles. The number of hydrogen-bond acceptors (Lipinski definition) is 6. The van der Waals surface area contributed by atoms with E-state index in [1.54, 1.807) is 25.1 Å². The summed E-state index contributed by atoms with van der Waals surface area (Å²) in [5, 5.41) is -1.01. The molecule has 18 heavy (non-hydrogen) atoms. The summed E-state index contributed by atoms with van der Waals surface area (Å²) in [6, 6.07) is 4.79. The maximum absolute atomic E-state index is 12.1. The van der Waals surface area contributed by atoms with Gasteiger partial charge in [0, 0.05) is 12.8 Å². The Labute approximate surface area is 105 Å². The third-order valence-corrected chi connectivity index (χ3v) is 4.42. The first-order valence-corrected chi connectivity index (χ1v) is 6.88. The molecule has 6 nitrogen and oxygen atoms in total. The Morgan fingerprint density at radius 1 is 1.50 bits per heavy atom. The van der Waals surface area contributed by atoms with Gasteiger partial charge in [-0.15, -0.1) is 0 Å². The Bertz CT molecular complexity index is 663. The number of fused-ring (bicyclic) bond motifs is 1. The van der Waals surface area contributed by atoms with Crippen LogP contribution in [0.5, 0.6) is 0 Å². The average molecular weight is 270 g/mol. The first kappa shape index (κ1) is 12.8. The second kappa shape index (κ2) is 4.58. The molecule has 1 aromatic heterocycles. The number of aromatic nitrogens is 1. The summed E-state index contributed by atoms with van der Waals surface area (Å²) in [6.07, 6.45) is 0. The Morgan fingerprint density at radius 2 is 2.22 bits per heavy atom. The lowest BCUT2D eigenvalue weighted by Gasteiger charge is -2.07. The van der Waals surface area contributed by atoms with Crippen molar-refractivity contribution in [2.75, 3.05) is 19.5 Å². The molecule has 0 spiro atoms. The van der Waals surface area contributed by atoms with Crippen LogP contribution in [-0.4, -0.2) is 32.4 Å². The zero-order chi connectivity index (χ0) is 13.3. The van der Waals surface area contributed by atoms with Gasteiger partial charge in [-0.3, -0.25) is 0 Å². The summed E-state index contributed by atoms with van der Waals surface area (Å²) in [6.45, 7) is 1.63. The van der Waals surface area contributed by atoms with Gasteiger partial charge in [-0.25, -0.2) is 8.42 Å². The predicted molar refractivity (Wildman–Crippen MR) is 66.9 cm³/mol. The van der Waals surface area contributed by atoms with E-state index in [2.05, 4.69) is 4.98 Å². The van der Waals surface area contributed by atoms with Gasteiger partial charge in [0.15, 0.2) is 5.58 Å². The van der Waals surface area contributed by atoms with Crippen molar-refractivity contribution >= 4 is 26.6 Å². The summed E-state index contributed by atoms with van der Waals surface area (Å²) in [5.74, 6) is 0. The van der Waals surface area contributed by atoms with Crippen LogP contribution >= 0.6 is 0 Å². The number of nitrogens with two attached hydrogens (primary N) is 1. The van der Waals surface area contributed by atoms with Crippen LogP contribution in [0.3, 0.4) is 0 Å². The van der Waals surface area contributed by atoms with E-state index in [-0.39, 0.29) is 11.8 Å². The van der Waals surface area contributed by atoms with E-state index in [0.717, 1.165) is 0 Å². The van der Waals surface area contributed by atoms with E-state index >= 15 is 0 Å². The van der Waals surface area contributed by atoms with Crippen LogP contribution in [0, 0.1) is 0 Å². The van der Waals surface area contributed by atoms with Gasteiger partial charge in [0.1, 0.15) is 5.52 Å². The molecule has 0 bridgehead atoms. The van der Waals surface area contributed by atoms with Crippen LogP contribution in [0.1, 0.15) is 6.92 Å². The SMILES string of the molecule is COCC(C)S(=O)(=O)c1nc2cc(N)ccc2o1. The minimum Gasteiger partial charge on any atom is -0.428 e. The Morgan fingerprint density at radius 3 is 2.89 bits per heavy atom. The van der Waals surface area contributed by atoms with Gasteiger partial charge in [0.25, 0.3) is 0 Å². The van der Waals surface area contributed by atoms with Crippen molar-refractivity contribution in [2.24, 2.45) is 0 Å². The number of methoxy groups -OCH3 is 1. The number of rotatable bonds is 4. The molecule has 0 aliphatic carbocycles. The third-order valence-electron chi connectivity index (χ3n) is 2.57. The lowest BCUT2D eigenvalue weighted by molar-refractivity contribution is 0.199. The second-order valence-corrected chi connectivity index (χ2v) is 6.26. The Balaban J connectivity index is 2.48. The zero-order valence-electron chi connectivity index (χ0n) is 10.1. The maximum Gasteiger partial charge on any atom is 0.316 e. The van der Waals surface area contributed by atoms with Gasteiger partial charge in [-0.2, -0.15) is 4.98 Å². The van der Waals surface area contributed by atoms with Gasteiger partial charge in [-0.05, 0) is 25.1 Å². The number of oxazole rings is 1. The van der Waals surface area contributed by atoms with Crippen molar-refractivity contribution in [3.8, 4) is 0 Å². The van der Waals surface area contributed by atoms with Crippen LogP contribution in [-0.2, 0) is 14.6 Å². The van der Waals surface area contributed by atoms with Crippen molar-refractivity contribution in [2.45, 2.75) is 17.4 Å². The molecule has 2 aromatic rings. The van der Waals surface area contributed by atoms with E-state index in [9.17, 15) is 8.42 Å². The molecular formula is C11H14N2O4S. The summed E-state index contributed by atoms with van der Waals surface area (Å²) < 4.78 is 34.3. The summed E-state index contributed by atoms with van der Waals surface area (Å²) in [4.78, 5) is 3.96. The van der Waals surface area contributed by atoms with Crippen LogP contribution in [0.15, 0.2) is 27.8 Å². The number of benzene rings is 1. The molecule has 0 radical (unpaired) electrons. The smallest absolute Gasteiger partial charge is 0.316 e. The van der Waals surface area contributed by atoms with Crippen molar-refractivity contribution in [3.63, 3.8) is 0 Å². The second-order valence-electron chi connectivity index (χ2n) is 4.02. The average Bonchev–Trinajstić information content (AvgIpc) is 2.72. The Hall–Kier alpha value is -1.60. The molecule has 2 N–H and O–H groups in total. The molecule has 1 aromatic carbocycles. The first-order chi connectivity index (χ1) is 8.45. The molecular weight excluding hydrogens is 256 g/mol. The van der Waals surface area contributed by atoms with Gasteiger partial charge < -0.3 is 14.9 Å². The molecule has 0 fully saturated rings. The largest absolute Gasteiger partial charge is 0.428 e. The predicted octanol–water partition coefficient (Wildman–Crippen LogP) is 1.22. The topological polar surface area (TPSA) is 95.4 Å². The van der Waals surface area contributed by atoms with Crippen LogP contribution < -0.4 is 5.73 Å². The highest BCUT2D eigenvalue weighted by Crippen LogP contribution is 2.23. The number of ether oxygens (including phenoxy) is 1. The fraction of sp³-hybridized carbons (Fsp3) is 0.364. The lowest BCUT2D eigenvalue weighted by atomic mass is 10.3. The number of sulfone groups is 1. The Kier molecular flexibility index (Phi) is 3.27. The fourth-order valence-corrected chi connectivity index (χ4v) is 2.63. The van der Waals surface area contributed by atoms with E-state index in [1.165, 1.54) is 7.11 Å². The van der Waals surface area contributed by atoms with Crippen LogP contribution in [0.25, 0.3) is 11.1 Å². The molecule has 0 amide bonds. The highest BCUT2D eigenvalue weighted by molar-refractivity contribution is 7.91. The highest BCUT2D eigenvalue weighted by atomic mass is 32.2. The monoisotopic (exact) mass is 270 g/mol. The van der Waals surface area contributed by atoms with Gasteiger partial charge in [-0.1, -0.05) is 0 Å². The van der Waals surface area contributed by atoms with Crippen LogP contribution in [0.2, 0.25) is 0 Å². The highest BCUT2D eigenvalue weighted by Gasteiger charge is 2.28. The van der Waals surface area contributed by atoms with Gasteiger partial charge in [0.05, 0.1) is 11.9 Å². The summed E-state index contributed by atoms with van der Waals surface area (Å²) >= 11 is 0. The first-order valence-electron chi connectivity index (χ1n) is 5.34. The van der Waals surface area contributed by atoms with E-state index < -0.39 is 15.1 Å². The number of anilines is 1. The van der Waals surface area contributed by atoms with E-state index in [1.807, 2.05) is 0 Å². The van der Waals surface area contributed by atoms with E-state index in [4.69, 9.17) is 14.9 Å². The normalized spacial score (nSPS) is 13.9. The number of nitrogen functional groups attached to an aromatic ring is 1. The van der Waals surface area contributed by atoms with Gasteiger partial charge in [0.2, 0.25) is 9.84 Å². The van der Waals surface area contributed by atoms with Crippen molar-refractivity contribution in [1.82, 2.24) is 4.98 Å². The minimum absolute atomic E-state index is 0.0865. The van der Waals surface area contributed by atoms with Gasteiger partial charge >= 0.3 is 5.22 Å². The quantitative estimate of drug-likeness (QED) is 0.839. The minimum atomic E-state index is -3.62. The van der Waals surface area contributed by atoms with Crippen molar-refractivity contribution < 1.29 is 17.6 Å². The molecule has 98 valence electrons. The summed E-state index contributed by atoms with van der Waals surface area (Å²) in [7, 11) is -2.18. The fourth-order valence-electron chi connectivity index (χ4n) is 1.54.